The lowest BCUT2D eigenvalue weighted by molar-refractivity contribution is -0.333. The molecular formula is C11H12F3N5O5. The number of H-pyrrole nitrogens is 1. The van der Waals surface area contributed by atoms with Gasteiger partial charge in [0.1, 0.15) is 18.3 Å². The first-order chi connectivity index (χ1) is 11.2. The van der Waals surface area contributed by atoms with Gasteiger partial charge in [-0.15, -0.1) is 13.2 Å². The van der Waals surface area contributed by atoms with Crippen LogP contribution < -0.4 is 11.3 Å². The number of hydrogen-bond acceptors (Lipinski definition) is 8. The number of anilines is 1. The number of aromatic amines is 1. The van der Waals surface area contributed by atoms with Crippen molar-refractivity contribution in [3.63, 3.8) is 0 Å². The number of aliphatic hydroxyl groups excluding tert-OH is 2. The molecule has 24 heavy (non-hydrogen) atoms. The molecule has 0 aromatic carbocycles. The van der Waals surface area contributed by atoms with Gasteiger partial charge in [0.15, 0.2) is 17.4 Å². The molecule has 0 spiro atoms. The minimum absolute atomic E-state index is 0.0510. The highest BCUT2D eigenvalue weighted by Gasteiger charge is 2.46. The summed E-state index contributed by atoms with van der Waals surface area (Å²) in [5.74, 6) is -0.223. The Morgan fingerprint density at radius 1 is 1.42 bits per heavy atom. The van der Waals surface area contributed by atoms with E-state index in [1.54, 1.807) is 0 Å². The van der Waals surface area contributed by atoms with Gasteiger partial charge < -0.3 is 20.7 Å². The minimum Gasteiger partial charge on any atom is -0.387 e. The van der Waals surface area contributed by atoms with E-state index < -0.39 is 43.1 Å². The smallest absolute Gasteiger partial charge is 0.387 e. The van der Waals surface area contributed by atoms with Gasteiger partial charge in [-0.2, -0.15) is 4.98 Å². The van der Waals surface area contributed by atoms with Crippen molar-refractivity contribution in [3.05, 3.63) is 16.7 Å². The van der Waals surface area contributed by atoms with Gasteiger partial charge in [0.25, 0.3) is 5.56 Å². The van der Waals surface area contributed by atoms with E-state index in [9.17, 15) is 28.2 Å². The summed E-state index contributed by atoms with van der Waals surface area (Å²) in [6.45, 7) is -1.01. The zero-order valence-electron chi connectivity index (χ0n) is 11.8. The Morgan fingerprint density at radius 2 is 2.12 bits per heavy atom. The first kappa shape index (κ1) is 16.6. The number of aromatic nitrogens is 4. The van der Waals surface area contributed by atoms with E-state index in [0.29, 0.717) is 0 Å². The van der Waals surface area contributed by atoms with E-state index in [4.69, 9.17) is 10.5 Å². The molecule has 3 rings (SSSR count). The SMILES string of the molecule is Nc1nc2c(ncn2[C@@H]2O[C@H](COC(F)(F)F)[C@@H](O)[C@@H]2O)c(=O)[nH]1. The maximum Gasteiger partial charge on any atom is 0.522 e. The Bertz CT molecular complexity index is 805. The predicted octanol–water partition coefficient (Wildman–Crippen LogP) is -1.14. The molecule has 0 unspecified atom stereocenters. The molecule has 1 aliphatic heterocycles. The van der Waals surface area contributed by atoms with Crippen LogP contribution in [-0.2, 0) is 9.47 Å². The molecule has 5 N–H and O–H groups in total. The fraction of sp³-hybridized carbons (Fsp3) is 0.545. The number of alkyl halides is 3. The second kappa shape index (κ2) is 5.70. The van der Waals surface area contributed by atoms with Crippen molar-refractivity contribution in [2.45, 2.75) is 30.9 Å². The highest BCUT2D eigenvalue weighted by Crippen LogP contribution is 2.32. The van der Waals surface area contributed by atoms with Crippen LogP contribution in [0, 0.1) is 0 Å². The molecule has 132 valence electrons. The van der Waals surface area contributed by atoms with Crippen molar-refractivity contribution >= 4 is 17.1 Å². The van der Waals surface area contributed by atoms with Crippen LogP contribution in [0.4, 0.5) is 19.1 Å². The number of nitrogens with one attached hydrogen (secondary N) is 1. The quantitative estimate of drug-likeness (QED) is 0.542. The van der Waals surface area contributed by atoms with E-state index in [-0.39, 0.29) is 17.1 Å². The van der Waals surface area contributed by atoms with E-state index >= 15 is 0 Å². The van der Waals surface area contributed by atoms with Crippen LogP contribution in [0.25, 0.3) is 11.2 Å². The Labute approximate surface area is 130 Å². The average molecular weight is 351 g/mol. The Hall–Kier alpha value is -2.22. The molecule has 0 amide bonds. The third-order valence-corrected chi connectivity index (χ3v) is 3.47. The summed E-state index contributed by atoms with van der Waals surface area (Å²) >= 11 is 0. The summed E-state index contributed by atoms with van der Waals surface area (Å²) in [5, 5.41) is 19.9. The number of rotatable bonds is 3. The summed E-state index contributed by atoms with van der Waals surface area (Å²) in [4.78, 5) is 21.6. The van der Waals surface area contributed by atoms with Crippen molar-refractivity contribution in [2.75, 3.05) is 12.3 Å². The van der Waals surface area contributed by atoms with Crippen LogP contribution in [-0.4, -0.2) is 61.0 Å². The number of halogens is 3. The predicted molar refractivity (Wildman–Crippen MR) is 70.5 cm³/mol. The van der Waals surface area contributed by atoms with E-state index in [1.807, 2.05) is 0 Å². The first-order valence-corrected chi connectivity index (χ1v) is 6.62. The van der Waals surface area contributed by atoms with Crippen molar-refractivity contribution in [2.24, 2.45) is 0 Å². The number of ether oxygens (including phenoxy) is 2. The molecule has 10 nitrogen and oxygen atoms in total. The molecule has 2 aromatic rings. The third-order valence-electron chi connectivity index (χ3n) is 3.47. The summed E-state index contributed by atoms with van der Waals surface area (Å²) < 4.78 is 46.2. The number of aliphatic hydroxyl groups is 2. The van der Waals surface area contributed by atoms with Gasteiger partial charge in [0, 0.05) is 0 Å². The van der Waals surface area contributed by atoms with Gasteiger partial charge in [-0.25, -0.2) is 4.98 Å². The van der Waals surface area contributed by atoms with Crippen LogP contribution in [0.15, 0.2) is 11.1 Å². The van der Waals surface area contributed by atoms with Gasteiger partial charge in [-0.05, 0) is 0 Å². The van der Waals surface area contributed by atoms with E-state index in [0.717, 1.165) is 10.9 Å². The lowest BCUT2D eigenvalue weighted by atomic mass is 10.1. The van der Waals surface area contributed by atoms with Crippen LogP contribution >= 0.6 is 0 Å². The lowest BCUT2D eigenvalue weighted by Crippen LogP contribution is -2.35. The number of nitrogen functional groups attached to an aromatic ring is 1. The third kappa shape index (κ3) is 2.93. The van der Waals surface area contributed by atoms with Gasteiger partial charge in [-0.3, -0.25) is 19.1 Å². The zero-order valence-corrected chi connectivity index (χ0v) is 11.8. The monoisotopic (exact) mass is 351 g/mol. The molecule has 13 heteroatoms. The topological polar surface area (TPSA) is 149 Å². The molecule has 2 aromatic heterocycles. The summed E-state index contributed by atoms with van der Waals surface area (Å²) in [6, 6.07) is 0. The Kier molecular flexibility index (Phi) is 3.95. The Morgan fingerprint density at radius 3 is 2.79 bits per heavy atom. The van der Waals surface area contributed by atoms with Gasteiger partial charge in [0.2, 0.25) is 5.95 Å². The average Bonchev–Trinajstić information content (AvgIpc) is 3.00. The Balaban J connectivity index is 1.89. The molecule has 1 saturated heterocycles. The second-order valence-corrected chi connectivity index (χ2v) is 5.08. The minimum atomic E-state index is -4.91. The zero-order chi connectivity index (χ0) is 17.6. The van der Waals surface area contributed by atoms with E-state index in [1.165, 1.54) is 0 Å². The molecule has 3 heterocycles. The number of fused-ring (bicyclic) bond motifs is 1. The molecule has 0 saturated carbocycles. The van der Waals surface area contributed by atoms with E-state index in [2.05, 4.69) is 19.7 Å². The van der Waals surface area contributed by atoms with Crippen molar-refractivity contribution < 1.29 is 32.9 Å². The number of hydrogen-bond donors (Lipinski definition) is 4. The van der Waals surface area contributed by atoms with Gasteiger partial charge in [0.05, 0.1) is 12.9 Å². The summed E-state index contributed by atoms with van der Waals surface area (Å²) in [5.41, 5.74) is 4.64. The molecule has 0 radical (unpaired) electrons. The van der Waals surface area contributed by atoms with Crippen molar-refractivity contribution in [1.29, 1.82) is 0 Å². The molecule has 1 aliphatic rings. The van der Waals surface area contributed by atoms with Crippen LogP contribution in [0.5, 0.6) is 0 Å². The summed E-state index contributed by atoms with van der Waals surface area (Å²) in [6.07, 6.45) is -9.80. The molecular weight excluding hydrogens is 339 g/mol. The van der Waals surface area contributed by atoms with Crippen LogP contribution in [0.1, 0.15) is 6.23 Å². The molecule has 1 fully saturated rings. The molecule has 4 atom stereocenters. The standard InChI is InChI=1S/C11H12F3N5O5/c12-11(13,14)23-1-3-5(20)6(21)9(24-3)19-2-16-4-7(19)17-10(15)18-8(4)22/h2-3,5-6,9,20-21H,1H2,(H3,15,17,18,22)/t3-,5-,6+,9-/m1/s1. The molecule has 0 aliphatic carbocycles. The van der Waals surface area contributed by atoms with Gasteiger partial charge in [-0.1, -0.05) is 0 Å². The number of nitrogens with two attached hydrogens (primary N) is 1. The number of nitrogens with zero attached hydrogens (tertiary/aromatic N) is 3. The van der Waals surface area contributed by atoms with Crippen molar-refractivity contribution in [1.82, 2.24) is 19.5 Å². The highest BCUT2D eigenvalue weighted by atomic mass is 19.4. The molecule has 0 bridgehead atoms. The fourth-order valence-corrected chi connectivity index (χ4v) is 2.40. The van der Waals surface area contributed by atoms with Crippen LogP contribution in [0.2, 0.25) is 0 Å². The maximum absolute atomic E-state index is 12.1. The fourth-order valence-electron chi connectivity index (χ4n) is 2.40. The second-order valence-electron chi connectivity index (χ2n) is 5.08. The normalized spacial score (nSPS) is 27.9. The van der Waals surface area contributed by atoms with Crippen LogP contribution in [0.3, 0.4) is 0 Å². The summed E-state index contributed by atoms with van der Waals surface area (Å²) in [7, 11) is 0. The van der Waals surface area contributed by atoms with Crippen molar-refractivity contribution in [3.8, 4) is 0 Å². The maximum atomic E-state index is 12.1. The lowest BCUT2D eigenvalue weighted by Gasteiger charge is -2.16. The largest absolute Gasteiger partial charge is 0.522 e. The first-order valence-electron chi connectivity index (χ1n) is 6.62. The number of imidazole rings is 1. The van der Waals surface area contributed by atoms with Gasteiger partial charge >= 0.3 is 6.36 Å². The highest BCUT2D eigenvalue weighted by molar-refractivity contribution is 5.70.